The van der Waals surface area contributed by atoms with Crippen LogP contribution in [0, 0.1) is 11.6 Å². The number of thiazole rings is 1. The Kier molecular flexibility index (Phi) is 3.46. The largest absolute Gasteiger partial charge is 0.382 e. The first-order valence-corrected chi connectivity index (χ1v) is 7.14. The SMILES string of the molecule is Nc1nc(NC2CC2)sc1C(=O)Nc1cccc(F)c1F. The van der Waals surface area contributed by atoms with Gasteiger partial charge in [0.15, 0.2) is 16.8 Å². The van der Waals surface area contributed by atoms with Gasteiger partial charge in [-0.2, -0.15) is 0 Å². The summed E-state index contributed by atoms with van der Waals surface area (Å²) < 4.78 is 26.6. The van der Waals surface area contributed by atoms with Crippen molar-refractivity contribution in [2.24, 2.45) is 0 Å². The van der Waals surface area contributed by atoms with Crippen LogP contribution >= 0.6 is 11.3 Å². The standard InChI is InChI=1S/C13H12F2N4OS/c14-7-2-1-3-8(9(7)15)18-12(20)10-11(16)19-13(21-10)17-6-4-5-6/h1-3,6H,4-5,16H2,(H,17,19)(H,18,20). The smallest absolute Gasteiger partial charge is 0.269 e. The molecule has 0 bridgehead atoms. The number of anilines is 3. The van der Waals surface area contributed by atoms with Crippen molar-refractivity contribution in [3.8, 4) is 0 Å². The molecule has 1 heterocycles. The van der Waals surface area contributed by atoms with Crippen LogP contribution in [0.25, 0.3) is 0 Å². The first-order chi connectivity index (χ1) is 10.0. The van der Waals surface area contributed by atoms with E-state index in [1.54, 1.807) is 0 Å². The molecular formula is C13H12F2N4OS. The third-order valence-corrected chi connectivity index (χ3v) is 3.97. The molecular weight excluding hydrogens is 298 g/mol. The first-order valence-electron chi connectivity index (χ1n) is 6.33. The highest BCUT2D eigenvalue weighted by Crippen LogP contribution is 2.31. The van der Waals surface area contributed by atoms with Crippen LogP contribution in [0.4, 0.5) is 25.4 Å². The minimum absolute atomic E-state index is 0.0671. The number of nitrogen functional groups attached to an aromatic ring is 1. The zero-order valence-corrected chi connectivity index (χ0v) is 11.6. The summed E-state index contributed by atoms with van der Waals surface area (Å²) in [4.78, 5) is 16.3. The molecule has 0 spiro atoms. The fraction of sp³-hybridized carbons (Fsp3) is 0.231. The van der Waals surface area contributed by atoms with Gasteiger partial charge in [-0.3, -0.25) is 4.79 Å². The Morgan fingerprint density at radius 2 is 2.14 bits per heavy atom. The Morgan fingerprint density at radius 1 is 1.38 bits per heavy atom. The highest BCUT2D eigenvalue weighted by molar-refractivity contribution is 7.18. The Morgan fingerprint density at radius 3 is 2.86 bits per heavy atom. The minimum atomic E-state index is -1.11. The normalized spacial score (nSPS) is 14.0. The molecule has 0 saturated heterocycles. The van der Waals surface area contributed by atoms with E-state index in [0.29, 0.717) is 11.2 Å². The molecule has 8 heteroatoms. The lowest BCUT2D eigenvalue weighted by atomic mass is 10.3. The number of nitrogens with two attached hydrogens (primary N) is 1. The van der Waals surface area contributed by atoms with Crippen molar-refractivity contribution in [1.82, 2.24) is 4.98 Å². The predicted octanol–water partition coefficient (Wildman–Crippen LogP) is 2.83. The van der Waals surface area contributed by atoms with E-state index in [4.69, 9.17) is 5.73 Å². The van der Waals surface area contributed by atoms with Crippen molar-refractivity contribution in [2.45, 2.75) is 18.9 Å². The van der Waals surface area contributed by atoms with E-state index in [1.807, 2.05) is 0 Å². The number of carbonyl (C=O) groups excluding carboxylic acids is 1. The number of nitrogens with zero attached hydrogens (tertiary/aromatic N) is 1. The molecule has 0 radical (unpaired) electrons. The summed E-state index contributed by atoms with van der Waals surface area (Å²) in [6.45, 7) is 0. The third kappa shape index (κ3) is 2.94. The summed E-state index contributed by atoms with van der Waals surface area (Å²) in [5.41, 5.74) is 5.46. The maximum atomic E-state index is 13.5. The van der Waals surface area contributed by atoms with E-state index < -0.39 is 17.5 Å². The number of carbonyl (C=O) groups is 1. The lowest BCUT2D eigenvalue weighted by molar-refractivity contribution is 0.103. The highest BCUT2D eigenvalue weighted by Gasteiger charge is 2.24. The molecule has 110 valence electrons. The van der Waals surface area contributed by atoms with Gasteiger partial charge in [0, 0.05) is 6.04 Å². The minimum Gasteiger partial charge on any atom is -0.382 e. The number of hydrogen-bond acceptors (Lipinski definition) is 5. The average Bonchev–Trinajstić information content (AvgIpc) is 3.17. The summed E-state index contributed by atoms with van der Waals surface area (Å²) >= 11 is 1.09. The molecule has 0 aliphatic heterocycles. The molecule has 1 aromatic heterocycles. The molecule has 0 atom stereocenters. The van der Waals surface area contributed by atoms with Gasteiger partial charge in [-0.05, 0) is 25.0 Å². The number of halogens is 2. The molecule has 1 aromatic carbocycles. The second-order valence-corrected chi connectivity index (χ2v) is 5.71. The molecule has 21 heavy (non-hydrogen) atoms. The lowest BCUT2D eigenvalue weighted by Gasteiger charge is -2.05. The van der Waals surface area contributed by atoms with Crippen molar-refractivity contribution < 1.29 is 13.6 Å². The maximum Gasteiger partial charge on any atom is 0.269 e. The number of nitrogens with one attached hydrogen (secondary N) is 2. The van der Waals surface area contributed by atoms with E-state index >= 15 is 0 Å². The van der Waals surface area contributed by atoms with Gasteiger partial charge >= 0.3 is 0 Å². The van der Waals surface area contributed by atoms with Gasteiger partial charge in [-0.1, -0.05) is 17.4 Å². The zero-order chi connectivity index (χ0) is 15.0. The Hall–Kier alpha value is -2.22. The summed E-state index contributed by atoms with van der Waals surface area (Å²) in [6, 6.07) is 3.94. The third-order valence-electron chi connectivity index (χ3n) is 2.96. The molecule has 1 aliphatic rings. The number of rotatable bonds is 4. The second-order valence-electron chi connectivity index (χ2n) is 4.71. The van der Waals surface area contributed by atoms with Crippen LogP contribution in [-0.4, -0.2) is 16.9 Å². The summed E-state index contributed by atoms with van der Waals surface area (Å²) in [6.07, 6.45) is 2.13. The van der Waals surface area contributed by atoms with Gasteiger partial charge in [0.25, 0.3) is 5.91 Å². The highest BCUT2D eigenvalue weighted by atomic mass is 32.1. The summed E-state index contributed by atoms with van der Waals surface area (Å²) in [5, 5.41) is 5.98. The predicted molar refractivity (Wildman–Crippen MR) is 77.5 cm³/mol. The average molecular weight is 310 g/mol. The van der Waals surface area contributed by atoms with Crippen LogP contribution in [0.1, 0.15) is 22.5 Å². The van der Waals surface area contributed by atoms with Crippen molar-refractivity contribution in [1.29, 1.82) is 0 Å². The molecule has 5 nitrogen and oxygen atoms in total. The van der Waals surface area contributed by atoms with Crippen LogP contribution in [-0.2, 0) is 0 Å². The van der Waals surface area contributed by atoms with Gasteiger partial charge in [-0.25, -0.2) is 13.8 Å². The van der Waals surface area contributed by atoms with Crippen molar-refractivity contribution in [3.05, 3.63) is 34.7 Å². The van der Waals surface area contributed by atoms with Crippen LogP contribution in [0.3, 0.4) is 0 Å². The molecule has 4 N–H and O–H groups in total. The van der Waals surface area contributed by atoms with Crippen LogP contribution in [0.15, 0.2) is 18.2 Å². The van der Waals surface area contributed by atoms with Crippen LogP contribution < -0.4 is 16.4 Å². The monoisotopic (exact) mass is 310 g/mol. The lowest BCUT2D eigenvalue weighted by Crippen LogP contribution is -2.13. The molecule has 1 fully saturated rings. The number of amides is 1. The zero-order valence-electron chi connectivity index (χ0n) is 10.8. The fourth-order valence-corrected chi connectivity index (χ4v) is 2.59. The van der Waals surface area contributed by atoms with Crippen molar-refractivity contribution >= 4 is 33.9 Å². The molecule has 1 saturated carbocycles. The maximum absolute atomic E-state index is 13.5. The first kappa shape index (κ1) is 13.7. The van der Waals surface area contributed by atoms with E-state index in [-0.39, 0.29) is 16.4 Å². The quantitative estimate of drug-likeness (QED) is 0.811. The van der Waals surface area contributed by atoms with E-state index in [2.05, 4.69) is 15.6 Å². The van der Waals surface area contributed by atoms with Gasteiger partial charge in [0.05, 0.1) is 5.69 Å². The summed E-state index contributed by atoms with van der Waals surface area (Å²) in [7, 11) is 0. The van der Waals surface area contributed by atoms with Crippen molar-refractivity contribution in [3.63, 3.8) is 0 Å². The van der Waals surface area contributed by atoms with Gasteiger partial charge in [0.2, 0.25) is 0 Å². The second kappa shape index (κ2) is 5.28. The van der Waals surface area contributed by atoms with Gasteiger partial charge < -0.3 is 16.4 Å². The van der Waals surface area contributed by atoms with E-state index in [1.165, 1.54) is 12.1 Å². The van der Waals surface area contributed by atoms with Crippen molar-refractivity contribution in [2.75, 3.05) is 16.4 Å². The van der Waals surface area contributed by atoms with Gasteiger partial charge in [-0.15, -0.1) is 0 Å². The van der Waals surface area contributed by atoms with E-state index in [9.17, 15) is 13.6 Å². The Bertz CT molecular complexity index is 699. The number of benzene rings is 1. The van der Waals surface area contributed by atoms with E-state index in [0.717, 1.165) is 30.2 Å². The summed E-state index contributed by atoms with van der Waals surface area (Å²) in [5.74, 6) is -2.68. The number of hydrogen-bond donors (Lipinski definition) is 3. The van der Waals surface area contributed by atoms with Crippen LogP contribution in [0.2, 0.25) is 0 Å². The van der Waals surface area contributed by atoms with Gasteiger partial charge in [0.1, 0.15) is 10.7 Å². The Labute approximate surface area is 123 Å². The topological polar surface area (TPSA) is 80.0 Å². The molecule has 1 aliphatic carbocycles. The fourth-order valence-electron chi connectivity index (χ4n) is 1.74. The molecule has 0 unspecified atom stereocenters. The Balaban J connectivity index is 1.78. The molecule has 3 rings (SSSR count). The van der Waals surface area contributed by atoms with Crippen LogP contribution in [0.5, 0.6) is 0 Å². The number of aromatic nitrogens is 1. The molecule has 1 amide bonds. The molecule has 2 aromatic rings.